The number of nitrogens with one attached hydrogen (secondary N) is 2. The molecule has 4 N–H and O–H groups in total. The molecule has 0 unspecified atom stereocenters. The quantitative estimate of drug-likeness (QED) is 0.296. The zero-order chi connectivity index (χ0) is 29.7. The van der Waals surface area contributed by atoms with Crippen LogP contribution in [0.3, 0.4) is 0 Å². The summed E-state index contributed by atoms with van der Waals surface area (Å²) in [6.07, 6.45) is 4.01. The number of methoxy groups -OCH3 is 1. The molecule has 13 heteroatoms. The molecule has 0 saturated heterocycles. The monoisotopic (exact) mass is 579 g/mol. The SMILES string of the molecule is COCC(=O)NC12CCC(c3nc(-c4ccc(C(=O)Nc5cc(C(F)(F)F)ccn5)cc4)c4c(N)nccn34)(CC1)C2. The number of carbonyl (C=O) groups is 2. The number of nitrogens with two attached hydrogens (primary N) is 1. The molecule has 0 atom stereocenters. The van der Waals surface area contributed by atoms with Crippen LogP contribution in [-0.2, 0) is 21.1 Å². The highest BCUT2D eigenvalue weighted by Crippen LogP contribution is 2.57. The van der Waals surface area contributed by atoms with Crippen LogP contribution in [0.2, 0.25) is 0 Å². The molecule has 2 saturated carbocycles. The van der Waals surface area contributed by atoms with Crippen LogP contribution >= 0.6 is 0 Å². The van der Waals surface area contributed by atoms with E-state index < -0.39 is 17.6 Å². The Kier molecular flexibility index (Phi) is 6.64. The molecular weight excluding hydrogens is 551 g/mol. The van der Waals surface area contributed by atoms with Crippen LogP contribution in [0.4, 0.5) is 24.8 Å². The number of halogens is 3. The highest BCUT2D eigenvalue weighted by molar-refractivity contribution is 6.04. The maximum absolute atomic E-state index is 13.0. The topological polar surface area (TPSA) is 137 Å². The Morgan fingerprint density at radius 2 is 1.81 bits per heavy atom. The van der Waals surface area contributed by atoms with E-state index in [9.17, 15) is 22.8 Å². The lowest BCUT2D eigenvalue weighted by atomic mass is 9.83. The zero-order valence-electron chi connectivity index (χ0n) is 22.7. The van der Waals surface area contributed by atoms with E-state index in [4.69, 9.17) is 15.5 Å². The van der Waals surface area contributed by atoms with Crippen LogP contribution in [0.1, 0.15) is 53.8 Å². The van der Waals surface area contributed by atoms with Gasteiger partial charge in [0.25, 0.3) is 5.91 Å². The summed E-state index contributed by atoms with van der Waals surface area (Å²) in [7, 11) is 1.49. The van der Waals surface area contributed by atoms with Crippen molar-refractivity contribution >= 4 is 29.0 Å². The molecule has 4 aromatic rings. The minimum atomic E-state index is -4.55. The second kappa shape index (κ2) is 10.1. The first-order valence-corrected chi connectivity index (χ1v) is 13.4. The largest absolute Gasteiger partial charge is 0.416 e. The van der Waals surface area contributed by atoms with Gasteiger partial charge in [-0.15, -0.1) is 0 Å². The molecule has 42 heavy (non-hydrogen) atoms. The van der Waals surface area contributed by atoms with E-state index in [0.717, 1.165) is 56.3 Å². The number of carbonyl (C=O) groups excluding carboxylic acids is 2. The summed E-state index contributed by atoms with van der Waals surface area (Å²) in [6, 6.07) is 8.17. The average Bonchev–Trinajstić information content (AvgIpc) is 3.64. The van der Waals surface area contributed by atoms with Crippen LogP contribution in [0.25, 0.3) is 16.8 Å². The van der Waals surface area contributed by atoms with Crippen LogP contribution in [-0.4, -0.2) is 50.4 Å². The number of ether oxygens (including phenoxy) is 1. The zero-order valence-corrected chi connectivity index (χ0v) is 22.7. The lowest BCUT2D eigenvalue weighted by molar-refractivity contribution is -0.137. The van der Waals surface area contributed by atoms with Gasteiger partial charge in [0.1, 0.15) is 35.3 Å². The number of hydrogen-bond acceptors (Lipinski definition) is 7. The fourth-order valence-corrected chi connectivity index (χ4v) is 6.43. The van der Waals surface area contributed by atoms with Crippen LogP contribution < -0.4 is 16.4 Å². The van der Waals surface area contributed by atoms with Crippen molar-refractivity contribution in [3.05, 3.63) is 71.9 Å². The lowest BCUT2D eigenvalue weighted by Crippen LogP contribution is -2.46. The number of nitrogens with zero attached hydrogens (tertiary/aromatic N) is 4. The predicted octanol–water partition coefficient (Wildman–Crippen LogP) is 4.36. The molecule has 2 fully saturated rings. The normalized spacial score (nSPS) is 21.5. The van der Waals surface area contributed by atoms with Gasteiger partial charge >= 0.3 is 6.18 Å². The molecule has 0 aliphatic heterocycles. The molecule has 2 amide bonds. The molecule has 10 nitrogen and oxygen atoms in total. The summed E-state index contributed by atoms with van der Waals surface area (Å²) in [5.74, 6) is 0.206. The Hall–Kier alpha value is -4.52. The van der Waals surface area contributed by atoms with E-state index in [1.54, 1.807) is 30.5 Å². The van der Waals surface area contributed by atoms with Gasteiger partial charge < -0.3 is 21.1 Å². The Labute approximate surface area is 238 Å². The predicted molar refractivity (Wildman–Crippen MR) is 148 cm³/mol. The molecule has 218 valence electrons. The van der Waals surface area contributed by atoms with Gasteiger partial charge in [0.05, 0.1) is 5.56 Å². The third-order valence-electron chi connectivity index (χ3n) is 8.33. The van der Waals surface area contributed by atoms with Gasteiger partial charge in [0.15, 0.2) is 0 Å². The van der Waals surface area contributed by atoms with Crippen molar-refractivity contribution in [1.29, 1.82) is 0 Å². The van der Waals surface area contributed by atoms with Gasteiger partial charge in [-0.25, -0.2) is 15.0 Å². The van der Waals surface area contributed by atoms with E-state index in [0.29, 0.717) is 22.6 Å². The van der Waals surface area contributed by atoms with Crippen LogP contribution in [0.15, 0.2) is 55.0 Å². The number of pyridine rings is 1. The van der Waals surface area contributed by atoms with Crippen molar-refractivity contribution in [1.82, 2.24) is 24.7 Å². The Morgan fingerprint density at radius 3 is 2.50 bits per heavy atom. The summed E-state index contributed by atoms with van der Waals surface area (Å²) in [6.45, 7) is 0.0118. The Balaban J connectivity index is 1.29. The fraction of sp³-hybridized carbons (Fsp3) is 0.345. The number of hydrogen-bond donors (Lipinski definition) is 3. The highest BCUT2D eigenvalue weighted by atomic mass is 19.4. The van der Waals surface area contributed by atoms with Crippen molar-refractivity contribution < 1.29 is 27.5 Å². The minimum absolute atomic E-state index is 0.0118. The summed E-state index contributed by atoms with van der Waals surface area (Å²) in [4.78, 5) is 38.3. The first kappa shape index (κ1) is 27.6. The standard InChI is InChI=1S/C29H28F3N7O3/c1-42-15-21(40)38-28-9-7-27(16-28,8-10-28)26-37-22(23-24(33)35-12-13-39(23)26)17-2-4-18(5-3-17)25(41)36-20-14-19(6-11-34-20)29(30,31)32/h2-6,11-14H,7-10,15-16H2,1H3,(H2,33,35)(H,38,40)(H,34,36,41). The number of amides is 2. The molecule has 2 aliphatic carbocycles. The average molecular weight is 580 g/mol. The molecule has 3 heterocycles. The maximum Gasteiger partial charge on any atom is 0.416 e. The van der Waals surface area contributed by atoms with Crippen molar-refractivity contribution in [2.75, 3.05) is 24.8 Å². The smallest absolute Gasteiger partial charge is 0.382 e. The molecule has 6 rings (SSSR count). The Morgan fingerprint density at radius 1 is 1.07 bits per heavy atom. The van der Waals surface area contributed by atoms with Crippen molar-refractivity contribution in [2.24, 2.45) is 0 Å². The number of alkyl halides is 3. The van der Waals surface area contributed by atoms with Crippen molar-refractivity contribution in [3.63, 3.8) is 0 Å². The van der Waals surface area contributed by atoms with E-state index in [1.165, 1.54) is 7.11 Å². The van der Waals surface area contributed by atoms with Crippen molar-refractivity contribution in [3.8, 4) is 11.3 Å². The van der Waals surface area contributed by atoms with Gasteiger partial charge in [0.2, 0.25) is 5.91 Å². The number of imidazole rings is 1. The number of anilines is 2. The number of aromatic nitrogens is 4. The minimum Gasteiger partial charge on any atom is -0.382 e. The van der Waals surface area contributed by atoms with E-state index in [1.807, 2.05) is 10.6 Å². The number of fused-ring (bicyclic) bond motifs is 3. The van der Waals surface area contributed by atoms with Crippen LogP contribution in [0.5, 0.6) is 0 Å². The highest BCUT2D eigenvalue weighted by Gasteiger charge is 2.57. The summed E-state index contributed by atoms with van der Waals surface area (Å²) in [5, 5.41) is 5.60. The summed E-state index contributed by atoms with van der Waals surface area (Å²) >= 11 is 0. The van der Waals surface area contributed by atoms with Gasteiger partial charge in [-0.2, -0.15) is 13.2 Å². The molecule has 3 aromatic heterocycles. The second-order valence-electron chi connectivity index (χ2n) is 11.0. The fourth-order valence-electron chi connectivity index (χ4n) is 6.43. The summed E-state index contributed by atoms with van der Waals surface area (Å²) < 4.78 is 46.1. The molecule has 0 radical (unpaired) electrons. The molecular formula is C29H28F3N7O3. The number of nitrogen functional groups attached to an aromatic ring is 1. The second-order valence-corrected chi connectivity index (χ2v) is 11.0. The van der Waals surface area contributed by atoms with Gasteiger partial charge in [-0.3, -0.25) is 14.0 Å². The molecule has 0 spiro atoms. The molecule has 2 aliphatic rings. The molecule has 2 bridgehead atoms. The third kappa shape index (κ3) is 4.83. The summed E-state index contributed by atoms with van der Waals surface area (Å²) in [5.41, 5.74) is 7.04. The van der Waals surface area contributed by atoms with Crippen LogP contribution in [0, 0.1) is 0 Å². The van der Waals surface area contributed by atoms with Crippen molar-refractivity contribution in [2.45, 2.75) is 49.2 Å². The van der Waals surface area contributed by atoms with Gasteiger partial charge in [0, 0.05) is 47.8 Å². The first-order valence-electron chi connectivity index (χ1n) is 13.4. The van der Waals surface area contributed by atoms with E-state index in [2.05, 4.69) is 20.6 Å². The Bertz CT molecular complexity index is 1680. The lowest BCUT2D eigenvalue weighted by Gasteiger charge is -2.28. The maximum atomic E-state index is 13.0. The number of rotatable bonds is 7. The number of benzene rings is 1. The first-order chi connectivity index (χ1) is 20.0. The van der Waals surface area contributed by atoms with Gasteiger partial charge in [-0.05, 0) is 56.4 Å². The van der Waals surface area contributed by atoms with Gasteiger partial charge in [-0.1, -0.05) is 12.1 Å². The third-order valence-corrected chi connectivity index (χ3v) is 8.33. The van der Waals surface area contributed by atoms with E-state index in [-0.39, 0.29) is 34.8 Å². The molecule has 1 aromatic carbocycles. The van der Waals surface area contributed by atoms with E-state index >= 15 is 0 Å².